The third kappa shape index (κ3) is 3.95. The normalized spacial score (nSPS) is 28.1. The lowest BCUT2D eigenvalue weighted by Gasteiger charge is -2.25. The van der Waals surface area contributed by atoms with Crippen LogP contribution in [0.25, 0.3) is 0 Å². The van der Waals surface area contributed by atoms with Crippen LogP contribution in [0.5, 0.6) is 11.5 Å². The molecule has 0 bridgehead atoms. The zero-order valence-corrected chi connectivity index (χ0v) is 16.3. The van der Waals surface area contributed by atoms with E-state index in [0.29, 0.717) is 18.9 Å². The summed E-state index contributed by atoms with van der Waals surface area (Å²) in [5.41, 5.74) is 2.10. The number of fused-ring (bicyclic) bond motifs is 1. The minimum atomic E-state index is -0.510. The maximum atomic E-state index is 10.5. The molecule has 1 aromatic heterocycles. The van der Waals surface area contributed by atoms with Gasteiger partial charge in [0.2, 0.25) is 6.79 Å². The van der Waals surface area contributed by atoms with E-state index in [1.54, 1.807) is 0 Å². The van der Waals surface area contributed by atoms with Gasteiger partial charge in [0.05, 0.1) is 6.10 Å². The maximum absolute atomic E-state index is 10.5. The fourth-order valence-electron chi connectivity index (χ4n) is 4.59. The van der Waals surface area contributed by atoms with Crippen LogP contribution in [0.4, 0.5) is 0 Å². The van der Waals surface area contributed by atoms with Crippen LogP contribution in [0.2, 0.25) is 0 Å². The van der Waals surface area contributed by atoms with Crippen LogP contribution < -0.4 is 14.8 Å². The van der Waals surface area contributed by atoms with Gasteiger partial charge in [0, 0.05) is 42.9 Å². The van der Waals surface area contributed by atoms with E-state index in [-0.39, 0.29) is 31.3 Å². The molecule has 1 aromatic carbocycles. The van der Waals surface area contributed by atoms with Crippen LogP contribution >= 0.6 is 0 Å². The Morgan fingerprint density at radius 3 is 2.79 bits per heavy atom. The molecular weight excluding hydrogens is 370 g/mol. The molecule has 2 heterocycles. The molecule has 0 saturated heterocycles. The van der Waals surface area contributed by atoms with Crippen molar-refractivity contribution in [2.75, 3.05) is 13.4 Å². The summed E-state index contributed by atoms with van der Waals surface area (Å²) in [5, 5.41) is 24.0. The van der Waals surface area contributed by atoms with E-state index in [4.69, 9.17) is 14.5 Å². The number of benzene rings is 1. The first-order chi connectivity index (χ1) is 14.2. The van der Waals surface area contributed by atoms with E-state index in [9.17, 15) is 10.2 Å². The summed E-state index contributed by atoms with van der Waals surface area (Å²) in [6.45, 7) is 0.914. The van der Waals surface area contributed by atoms with Crippen molar-refractivity contribution in [2.24, 2.45) is 11.8 Å². The summed E-state index contributed by atoms with van der Waals surface area (Å²) < 4.78 is 10.8. The van der Waals surface area contributed by atoms with Crippen molar-refractivity contribution < 1.29 is 19.7 Å². The van der Waals surface area contributed by atoms with Crippen molar-refractivity contribution in [3.63, 3.8) is 0 Å². The number of hydrogen-bond acceptors (Lipinski definition) is 7. The summed E-state index contributed by atoms with van der Waals surface area (Å²) >= 11 is 0. The second kappa shape index (κ2) is 7.89. The molecule has 1 aliphatic heterocycles. The lowest BCUT2D eigenvalue weighted by atomic mass is 9.88. The molecule has 0 spiro atoms. The molecule has 154 valence electrons. The van der Waals surface area contributed by atoms with E-state index in [1.165, 1.54) is 12.8 Å². The molecule has 0 radical (unpaired) electrons. The molecule has 3 aliphatic rings. The molecular formula is C22H27N3O4. The van der Waals surface area contributed by atoms with E-state index in [2.05, 4.69) is 10.3 Å². The van der Waals surface area contributed by atoms with Crippen LogP contribution in [0.15, 0.2) is 30.5 Å². The minimum Gasteiger partial charge on any atom is -0.454 e. The van der Waals surface area contributed by atoms with Gasteiger partial charge in [-0.25, -0.2) is 9.97 Å². The van der Waals surface area contributed by atoms with Crippen molar-refractivity contribution in [1.29, 1.82) is 0 Å². The lowest BCUT2D eigenvalue weighted by Crippen LogP contribution is -2.36. The smallest absolute Gasteiger partial charge is 0.231 e. The summed E-state index contributed by atoms with van der Waals surface area (Å²) in [5.74, 6) is 2.96. The molecule has 2 aliphatic carbocycles. The third-order valence-corrected chi connectivity index (χ3v) is 6.39. The SMILES string of the molecule is OCC1C(O)CC(NCc2ccc3c(c2)OCO3)C1Cc1ccnc(C2CC2)n1. The van der Waals surface area contributed by atoms with Gasteiger partial charge < -0.3 is 25.0 Å². The third-order valence-electron chi connectivity index (χ3n) is 6.39. The highest BCUT2D eigenvalue weighted by Crippen LogP contribution is 2.39. The topological polar surface area (TPSA) is 96.7 Å². The van der Waals surface area contributed by atoms with Gasteiger partial charge in [0.25, 0.3) is 0 Å². The molecule has 2 fully saturated rings. The Hall–Kier alpha value is -2.22. The predicted octanol–water partition coefficient (Wildman–Crippen LogP) is 1.77. The highest BCUT2D eigenvalue weighted by atomic mass is 16.7. The standard InChI is InChI=1S/C22H27N3O4/c26-11-17-16(8-15-5-6-23-22(25-15)14-2-3-14)18(9-19(17)27)24-10-13-1-4-20-21(7-13)29-12-28-20/h1,4-7,14,16-19,24,26-27H,2-3,8-12H2. The van der Waals surface area contributed by atoms with Gasteiger partial charge in [-0.3, -0.25) is 0 Å². The Kier molecular flexibility index (Phi) is 5.11. The molecule has 2 saturated carbocycles. The zero-order chi connectivity index (χ0) is 19.8. The Morgan fingerprint density at radius 2 is 1.97 bits per heavy atom. The minimum absolute atomic E-state index is 0.0192. The molecule has 3 N–H and O–H groups in total. The van der Waals surface area contributed by atoms with Crippen molar-refractivity contribution in [2.45, 2.75) is 50.3 Å². The van der Waals surface area contributed by atoms with Gasteiger partial charge in [-0.05, 0) is 55.4 Å². The van der Waals surface area contributed by atoms with E-state index < -0.39 is 6.10 Å². The van der Waals surface area contributed by atoms with Crippen LogP contribution in [-0.4, -0.2) is 45.7 Å². The van der Waals surface area contributed by atoms with Gasteiger partial charge in [-0.2, -0.15) is 0 Å². The monoisotopic (exact) mass is 397 g/mol. The number of aromatic nitrogens is 2. The first-order valence-electron chi connectivity index (χ1n) is 10.4. The fourth-order valence-corrected chi connectivity index (χ4v) is 4.59. The highest BCUT2D eigenvalue weighted by Gasteiger charge is 2.42. The number of ether oxygens (including phenoxy) is 2. The van der Waals surface area contributed by atoms with Gasteiger partial charge in [0.1, 0.15) is 5.82 Å². The van der Waals surface area contributed by atoms with E-state index >= 15 is 0 Å². The Bertz CT molecular complexity index is 873. The highest BCUT2D eigenvalue weighted by molar-refractivity contribution is 5.44. The maximum Gasteiger partial charge on any atom is 0.231 e. The van der Waals surface area contributed by atoms with Crippen molar-refractivity contribution in [3.8, 4) is 11.5 Å². The second-order valence-electron chi connectivity index (χ2n) is 8.37. The summed E-state index contributed by atoms with van der Waals surface area (Å²) in [7, 11) is 0. The molecule has 4 unspecified atom stereocenters. The number of aliphatic hydroxyl groups is 2. The molecule has 4 atom stereocenters. The van der Waals surface area contributed by atoms with Crippen LogP contribution in [0, 0.1) is 11.8 Å². The number of nitrogens with one attached hydrogen (secondary N) is 1. The molecule has 29 heavy (non-hydrogen) atoms. The quantitative estimate of drug-likeness (QED) is 0.655. The summed E-state index contributed by atoms with van der Waals surface area (Å²) in [6, 6.07) is 8.01. The predicted molar refractivity (Wildman–Crippen MR) is 106 cm³/mol. The van der Waals surface area contributed by atoms with Crippen LogP contribution in [-0.2, 0) is 13.0 Å². The molecule has 5 rings (SSSR count). The first kappa shape index (κ1) is 18.8. The van der Waals surface area contributed by atoms with Gasteiger partial charge in [-0.1, -0.05) is 6.07 Å². The van der Waals surface area contributed by atoms with Crippen molar-refractivity contribution >= 4 is 0 Å². The lowest BCUT2D eigenvalue weighted by molar-refractivity contribution is 0.0716. The molecule has 2 aromatic rings. The average molecular weight is 397 g/mol. The summed E-state index contributed by atoms with van der Waals surface area (Å²) in [4.78, 5) is 9.16. The van der Waals surface area contributed by atoms with Crippen molar-refractivity contribution in [3.05, 3.63) is 47.5 Å². The Labute approximate surface area is 170 Å². The molecule has 7 nitrogen and oxygen atoms in total. The number of rotatable bonds is 7. The second-order valence-corrected chi connectivity index (χ2v) is 8.37. The summed E-state index contributed by atoms with van der Waals surface area (Å²) in [6.07, 6.45) is 5.02. The fraction of sp³-hybridized carbons (Fsp3) is 0.545. The molecule has 0 amide bonds. The van der Waals surface area contributed by atoms with Crippen LogP contribution in [0.3, 0.4) is 0 Å². The van der Waals surface area contributed by atoms with E-state index in [1.807, 2.05) is 30.5 Å². The van der Waals surface area contributed by atoms with Crippen molar-refractivity contribution in [1.82, 2.24) is 15.3 Å². The number of nitrogens with zero attached hydrogens (tertiary/aromatic N) is 2. The Balaban J connectivity index is 1.29. The van der Waals surface area contributed by atoms with E-state index in [0.717, 1.165) is 35.0 Å². The van der Waals surface area contributed by atoms with Gasteiger partial charge in [0.15, 0.2) is 11.5 Å². The average Bonchev–Trinajstić information content (AvgIpc) is 3.41. The Morgan fingerprint density at radius 1 is 1.10 bits per heavy atom. The van der Waals surface area contributed by atoms with Crippen LogP contribution in [0.1, 0.15) is 42.3 Å². The first-order valence-corrected chi connectivity index (χ1v) is 10.4. The van der Waals surface area contributed by atoms with Gasteiger partial charge in [-0.15, -0.1) is 0 Å². The largest absolute Gasteiger partial charge is 0.454 e. The number of aliphatic hydroxyl groups excluding tert-OH is 2. The number of hydrogen-bond donors (Lipinski definition) is 3. The van der Waals surface area contributed by atoms with Gasteiger partial charge >= 0.3 is 0 Å². The molecule has 7 heteroatoms. The zero-order valence-electron chi connectivity index (χ0n) is 16.3.